The van der Waals surface area contributed by atoms with Crippen LogP contribution in [0.3, 0.4) is 0 Å². The fourth-order valence-electron chi connectivity index (χ4n) is 5.27. The zero-order valence-corrected chi connectivity index (χ0v) is 18.1. The number of nitrogens with one attached hydrogen (secondary N) is 1. The molecular formula is C24H25FN4O4. The fraction of sp³-hybridized carbons (Fsp3) is 0.417. The summed E-state index contributed by atoms with van der Waals surface area (Å²) in [5, 5.41) is 2.64. The topological polar surface area (TPSA) is 91.7 Å². The van der Waals surface area contributed by atoms with Gasteiger partial charge in [0.05, 0.1) is 6.54 Å². The summed E-state index contributed by atoms with van der Waals surface area (Å²) >= 11 is 0. The number of benzene rings is 1. The predicted molar refractivity (Wildman–Crippen MR) is 117 cm³/mol. The van der Waals surface area contributed by atoms with Gasteiger partial charge in [-0.1, -0.05) is 18.2 Å². The minimum atomic E-state index is -0.765. The van der Waals surface area contributed by atoms with E-state index in [4.69, 9.17) is 0 Å². The largest absolute Gasteiger partial charge is 0.342 e. The van der Waals surface area contributed by atoms with Crippen molar-refractivity contribution >= 4 is 17.8 Å². The first kappa shape index (κ1) is 21.4. The van der Waals surface area contributed by atoms with Crippen molar-refractivity contribution in [1.82, 2.24) is 19.7 Å². The maximum Gasteiger partial charge on any atom is 0.325 e. The van der Waals surface area contributed by atoms with Crippen molar-refractivity contribution in [3.05, 3.63) is 69.9 Å². The van der Waals surface area contributed by atoms with E-state index in [9.17, 15) is 23.6 Å². The van der Waals surface area contributed by atoms with Gasteiger partial charge in [-0.05, 0) is 42.5 Å². The van der Waals surface area contributed by atoms with Crippen LogP contribution in [0.5, 0.6) is 0 Å². The van der Waals surface area contributed by atoms with E-state index < -0.39 is 23.8 Å². The Bertz CT molecular complexity index is 1180. The summed E-state index contributed by atoms with van der Waals surface area (Å²) in [5.41, 5.74) is 1.50. The molecule has 2 fully saturated rings. The quantitative estimate of drug-likeness (QED) is 0.701. The number of fused-ring (bicyclic) bond motifs is 4. The third-order valence-corrected chi connectivity index (χ3v) is 6.82. The minimum Gasteiger partial charge on any atom is -0.342 e. The Kier molecular flexibility index (Phi) is 5.47. The summed E-state index contributed by atoms with van der Waals surface area (Å²) in [4.78, 5) is 53.0. The van der Waals surface area contributed by atoms with Crippen LogP contribution in [-0.4, -0.2) is 51.3 Å². The summed E-state index contributed by atoms with van der Waals surface area (Å²) in [7, 11) is 0. The number of aromatic nitrogens is 1. The molecule has 172 valence electrons. The average Bonchev–Trinajstić information content (AvgIpc) is 3.05. The first-order valence-corrected chi connectivity index (χ1v) is 11.2. The fourth-order valence-corrected chi connectivity index (χ4v) is 5.27. The molecule has 0 unspecified atom stereocenters. The van der Waals surface area contributed by atoms with Gasteiger partial charge in [0.15, 0.2) is 0 Å². The van der Waals surface area contributed by atoms with Gasteiger partial charge in [0, 0.05) is 43.7 Å². The molecule has 33 heavy (non-hydrogen) atoms. The second-order valence-electron chi connectivity index (χ2n) is 9.09. The average molecular weight is 452 g/mol. The molecule has 1 N–H and O–H groups in total. The number of hydrogen-bond donors (Lipinski definition) is 1. The Morgan fingerprint density at radius 3 is 2.70 bits per heavy atom. The summed E-state index contributed by atoms with van der Waals surface area (Å²) in [6, 6.07) is 9.76. The number of pyridine rings is 1. The van der Waals surface area contributed by atoms with Gasteiger partial charge in [-0.3, -0.25) is 19.3 Å². The molecule has 0 spiro atoms. The van der Waals surface area contributed by atoms with Crippen molar-refractivity contribution in [2.24, 2.45) is 5.92 Å². The number of piperidine rings is 1. The number of carbonyl (C=O) groups excluding carboxylic acids is 3. The van der Waals surface area contributed by atoms with E-state index in [0.717, 1.165) is 17.0 Å². The predicted octanol–water partition coefficient (Wildman–Crippen LogP) is 1.83. The van der Waals surface area contributed by atoms with Crippen molar-refractivity contribution in [3.8, 4) is 0 Å². The van der Waals surface area contributed by atoms with Crippen molar-refractivity contribution < 1.29 is 18.8 Å². The molecule has 0 aliphatic carbocycles. The SMILES string of the molecule is O=C(CC[C@H]1NC(=O)N(Cc2cccc(F)c2)C1=O)N1C[C@H]2C[C@@H](C1)c1cccc(=O)n1C2. The van der Waals surface area contributed by atoms with E-state index in [0.29, 0.717) is 25.2 Å². The van der Waals surface area contributed by atoms with E-state index in [1.165, 1.54) is 18.2 Å². The smallest absolute Gasteiger partial charge is 0.325 e. The van der Waals surface area contributed by atoms with Crippen LogP contribution in [0.1, 0.15) is 36.4 Å². The number of likely N-dealkylation sites (tertiary alicyclic amines) is 1. The molecular weight excluding hydrogens is 427 g/mol. The lowest BCUT2D eigenvalue weighted by Crippen LogP contribution is -2.49. The second-order valence-corrected chi connectivity index (χ2v) is 9.09. The van der Waals surface area contributed by atoms with Crippen LogP contribution in [0, 0.1) is 11.7 Å². The molecule has 8 nitrogen and oxygen atoms in total. The molecule has 2 bridgehead atoms. The van der Waals surface area contributed by atoms with E-state index in [1.54, 1.807) is 18.2 Å². The highest BCUT2D eigenvalue weighted by molar-refractivity contribution is 6.04. The van der Waals surface area contributed by atoms with Crippen LogP contribution >= 0.6 is 0 Å². The second kappa shape index (κ2) is 8.46. The summed E-state index contributed by atoms with van der Waals surface area (Å²) < 4.78 is 15.2. The molecule has 1 aromatic carbocycles. The van der Waals surface area contributed by atoms with Crippen molar-refractivity contribution in [2.75, 3.05) is 13.1 Å². The van der Waals surface area contributed by atoms with Crippen molar-refractivity contribution in [1.29, 1.82) is 0 Å². The molecule has 9 heteroatoms. The number of halogens is 1. The van der Waals surface area contributed by atoms with Gasteiger partial charge in [-0.2, -0.15) is 0 Å². The van der Waals surface area contributed by atoms with Gasteiger partial charge in [0.2, 0.25) is 5.91 Å². The van der Waals surface area contributed by atoms with Gasteiger partial charge >= 0.3 is 6.03 Å². The zero-order valence-electron chi connectivity index (χ0n) is 18.1. The molecule has 4 heterocycles. The van der Waals surface area contributed by atoms with Gasteiger partial charge in [0.1, 0.15) is 11.9 Å². The summed E-state index contributed by atoms with van der Waals surface area (Å²) in [5.74, 6) is -0.525. The van der Waals surface area contributed by atoms with Crippen LogP contribution in [0.4, 0.5) is 9.18 Å². The summed E-state index contributed by atoms with van der Waals surface area (Å²) in [6.45, 7) is 1.74. The van der Waals surface area contributed by atoms with Gasteiger partial charge < -0.3 is 14.8 Å². The van der Waals surface area contributed by atoms with E-state index >= 15 is 0 Å². The van der Waals surface area contributed by atoms with Crippen LogP contribution in [0.25, 0.3) is 0 Å². The van der Waals surface area contributed by atoms with Crippen molar-refractivity contribution in [2.45, 2.75) is 44.3 Å². The molecule has 3 aliphatic rings. The molecule has 3 atom stereocenters. The van der Waals surface area contributed by atoms with Crippen LogP contribution < -0.4 is 10.9 Å². The molecule has 4 amide bonds. The summed E-state index contributed by atoms with van der Waals surface area (Å²) in [6.07, 6.45) is 1.32. The number of amides is 4. The highest BCUT2D eigenvalue weighted by atomic mass is 19.1. The molecule has 3 aliphatic heterocycles. The maximum atomic E-state index is 13.4. The minimum absolute atomic E-state index is 0.000240. The molecule has 0 radical (unpaired) electrons. The number of urea groups is 1. The number of imide groups is 1. The molecule has 2 saturated heterocycles. The van der Waals surface area contributed by atoms with Crippen LogP contribution in [0.2, 0.25) is 0 Å². The van der Waals surface area contributed by atoms with E-state index in [2.05, 4.69) is 5.32 Å². The molecule has 5 rings (SSSR count). The van der Waals surface area contributed by atoms with E-state index in [-0.39, 0.29) is 42.7 Å². The lowest BCUT2D eigenvalue weighted by atomic mass is 9.83. The lowest BCUT2D eigenvalue weighted by molar-refractivity contribution is -0.134. The number of nitrogens with zero attached hydrogens (tertiary/aromatic N) is 3. The molecule has 0 saturated carbocycles. The van der Waals surface area contributed by atoms with Crippen LogP contribution in [0.15, 0.2) is 47.3 Å². The third-order valence-electron chi connectivity index (χ3n) is 6.82. The number of carbonyl (C=O) groups is 3. The van der Waals surface area contributed by atoms with Gasteiger partial charge in [-0.15, -0.1) is 0 Å². The number of hydrogen-bond acceptors (Lipinski definition) is 4. The van der Waals surface area contributed by atoms with Crippen molar-refractivity contribution in [3.63, 3.8) is 0 Å². The first-order chi connectivity index (χ1) is 15.9. The zero-order chi connectivity index (χ0) is 23.1. The first-order valence-electron chi connectivity index (χ1n) is 11.2. The Morgan fingerprint density at radius 2 is 1.88 bits per heavy atom. The third kappa shape index (κ3) is 4.15. The molecule has 2 aromatic rings. The van der Waals surface area contributed by atoms with Gasteiger partial charge in [-0.25, -0.2) is 9.18 Å². The normalized spacial score (nSPS) is 24.0. The Hall–Kier alpha value is -3.49. The molecule has 1 aromatic heterocycles. The highest BCUT2D eigenvalue weighted by Crippen LogP contribution is 2.35. The Balaban J connectivity index is 1.19. The monoisotopic (exact) mass is 452 g/mol. The standard InChI is InChI=1S/C24H25FN4O4/c25-18-4-1-3-15(10-18)12-29-23(32)19(26-24(29)33)7-8-21(30)27-11-16-9-17(14-27)20-5-2-6-22(31)28(20)13-16/h1-6,10,16-17,19H,7-9,11-14H2,(H,26,33)/t16-,17+,19-/m1/s1. The van der Waals surface area contributed by atoms with Gasteiger partial charge in [0.25, 0.3) is 11.5 Å². The van der Waals surface area contributed by atoms with Crippen LogP contribution in [-0.2, 0) is 22.7 Å². The Labute approximate surface area is 190 Å². The highest BCUT2D eigenvalue weighted by Gasteiger charge is 2.39. The maximum absolute atomic E-state index is 13.4. The Morgan fingerprint density at radius 1 is 1.06 bits per heavy atom. The lowest BCUT2D eigenvalue weighted by Gasteiger charge is -2.42. The van der Waals surface area contributed by atoms with E-state index in [1.807, 2.05) is 15.5 Å². The number of rotatable bonds is 5.